The number of tetrazole rings is 1. The summed E-state index contributed by atoms with van der Waals surface area (Å²) in [6.07, 6.45) is 5.63. The number of anilines is 4. The zero-order valence-corrected chi connectivity index (χ0v) is 22.7. The predicted octanol–water partition coefficient (Wildman–Crippen LogP) is 4.26. The molecule has 39 heavy (non-hydrogen) atoms. The number of aryl methyl sites for hydroxylation is 1. The maximum atomic E-state index is 12.3. The van der Waals surface area contributed by atoms with E-state index in [9.17, 15) is 4.79 Å². The third-order valence-electron chi connectivity index (χ3n) is 7.02. The van der Waals surface area contributed by atoms with Crippen LogP contribution in [0.1, 0.15) is 59.1 Å². The van der Waals surface area contributed by atoms with E-state index in [1.807, 2.05) is 12.1 Å². The summed E-state index contributed by atoms with van der Waals surface area (Å²) >= 11 is 1.25. The second kappa shape index (κ2) is 10.9. The Labute approximate surface area is 229 Å². The molecule has 1 aliphatic heterocycles. The van der Waals surface area contributed by atoms with Gasteiger partial charge in [0.05, 0.1) is 12.3 Å². The minimum absolute atomic E-state index is 0.318. The maximum Gasteiger partial charge on any atom is 0.350 e. The molecule has 202 valence electrons. The number of hydrogen-bond acceptors (Lipinski definition) is 12. The van der Waals surface area contributed by atoms with Crippen LogP contribution in [0.4, 0.5) is 22.7 Å². The first-order valence-corrected chi connectivity index (χ1v) is 14.1. The average Bonchev–Trinajstić information content (AvgIpc) is 3.74. The lowest BCUT2D eigenvalue weighted by molar-refractivity contribution is 0.0531. The van der Waals surface area contributed by atoms with Crippen LogP contribution in [0.15, 0.2) is 24.3 Å². The third kappa shape index (κ3) is 5.39. The molecule has 0 radical (unpaired) electrons. The number of aromatic nitrogens is 7. The average molecular weight is 547 g/mol. The first kappa shape index (κ1) is 25.2. The lowest BCUT2D eigenvalue weighted by Crippen LogP contribution is -2.21. The highest BCUT2D eigenvalue weighted by Gasteiger charge is 2.28. The second-order valence-corrected chi connectivity index (χ2v) is 10.7. The number of thiazole rings is 1. The monoisotopic (exact) mass is 546 g/mol. The Morgan fingerprint density at radius 3 is 2.74 bits per heavy atom. The van der Waals surface area contributed by atoms with Gasteiger partial charge < -0.3 is 15.0 Å². The first-order chi connectivity index (χ1) is 19.1. The Balaban J connectivity index is 1.27. The number of benzene rings is 1. The number of carbonyl (C=O) groups is 1. The highest BCUT2D eigenvalue weighted by molar-refractivity contribution is 7.17. The van der Waals surface area contributed by atoms with Crippen LogP contribution in [0, 0.1) is 6.92 Å². The van der Waals surface area contributed by atoms with Crippen LogP contribution in [-0.2, 0) is 17.7 Å². The molecule has 12 nitrogen and oxygen atoms in total. The van der Waals surface area contributed by atoms with E-state index in [1.165, 1.54) is 24.2 Å². The lowest BCUT2D eigenvalue weighted by Gasteiger charge is -2.21. The number of nitrogens with one attached hydrogen (secondary N) is 3. The van der Waals surface area contributed by atoms with Gasteiger partial charge in [-0.1, -0.05) is 48.4 Å². The summed E-state index contributed by atoms with van der Waals surface area (Å²) in [6.45, 7) is 5.47. The molecule has 3 N–H and O–H groups in total. The van der Waals surface area contributed by atoms with E-state index in [2.05, 4.69) is 53.3 Å². The molecule has 0 amide bonds. The second-order valence-electron chi connectivity index (χ2n) is 9.71. The predicted molar refractivity (Wildman–Crippen MR) is 148 cm³/mol. The molecule has 3 aromatic heterocycles. The lowest BCUT2D eigenvalue weighted by atomic mass is 10.1. The molecule has 1 fully saturated rings. The van der Waals surface area contributed by atoms with Crippen molar-refractivity contribution in [2.75, 3.05) is 28.7 Å². The van der Waals surface area contributed by atoms with E-state index in [0.717, 1.165) is 54.1 Å². The summed E-state index contributed by atoms with van der Waals surface area (Å²) in [4.78, 5) is 29.4. The van der Waals surface area contributed by atoms with Crippen molar-refractivity contribution in [3.05, 3.63) is 46.0 Å². The van der Waals surface area contributed by atoms with Crippen LogP contribution >= 0.6 is 11.3 Å². The minimum atomic E-state index is -0.365. The molecule has 1 aliphatic carbocycles. The summed E-state index contributed by atoms with van der Waals surface area (Å²) in [5.74, 6) is 2.45. The van der Waals surface area contributed by atoms with Gasteiger partial charge in [-0.15, -0.1) is 10.2 Å². The van der Waals surface area contributed by atoms with Crippen molar-refractivity contribution >= 4 is 40.0 Å². The molecule has 6 rings (SSSR count). The van der Waals surface area contributed by atoms with Crippen LogP contribution in [0.25, 0.3) is 11.4 Å². The van der Waals surface area contributed by atoms with Gasteiger partial charge in [-0.3, -0.25) is 5.32 Å². The molecule has 2 aliphatic rings. The number of esters is 1. The topological polar surface area (TPSA) is 147 Å². The van der Waals surface area contributed by atoms with Gasteiger partial charge in [0.1, 0.15) is 16.5 Å². The van der Waals surface area contributed by atoms with Gasteiger partial charge in [0.15, 0.2) is 5.13 Å². The van der Waals surface area contributed by atoms with Crippen molar-refractivity contribution in [2.45, 2.75) is 58.5 Å². The van der Waals surface area contributed by atoms with Gasteiger partial charge in [-0.05, 0) is 43.9 Å². The van der Waals surface area contributed by atoms with Gasteiger partial charge in [0, 0.05) is 30.3 Å². The van der Waals surface area contributed by atoms with E-state index in [-0.39, 0.29) is 5.97 Å². The van der Waals surface area contributed by atoms with Crippen molar-refractivity contribution in [1.82, 2.24) is 35.6 Å². The number of aromatic amines is 1. The van der Waals surface area contributed by atoms with Gasteiger partial charge in [0.2, 0.25) is 11.8 Å². The number of nitrogens with zero attached hydrogens (tertiary/aromatic N) is 7. The normalized spacial score (nSPS) is 15.0. The SMILES string of the molecule is CCOC(=O)c1sc(Nc2nc(NC3CCCC3)c3c(n2)N(Cc2ccc(-c4nn[nH]n4)cc2)CC3)nc1C. The number of rotatable bonds is 9. The summed E-state index contributed by atoms with van der Waals surface area (Å²) in [6, 6.07) is 8.58. The quantitative estimate of drug-likeness (QED) is 0.259. The molecule has 0 bridgehead atoms. The number of ether oxygens (including phenoxy) is 1. The highest BCUT2D eigenvalue weighted by Crippen LogP contribution is 2.36. The van der Waals surface area contributed by atoms with Crippen LogP contribution < -0.4 is 15.5 Å². The van der Waals surface area contributed by atoms with Crippen LogP contribution in [0.3, 0.4) is 0 Å². The smallest absolute Gasteiger partial charge is 0.350 e. The molecule has 0 spiro atoms. The minimum Gasteiger partial charge on any atom is -0.462 e. The maximum absolute atomic E-state index is 12.3. The molecule has 13 heteroatoms. The number of carbonyl (C=O) groups excluding carboxylic acids is 1. The largest absolute Gasteiger partial charge is 0.462 e. The summed E-state index contributed by atoms with van der Waals surface area (Å²) < 4.78 is 5.17. The van der Waals surface area contributed by atoms with E-state index in [0.29, 0.717) is 46.7 Å². The van der Waals surface area contributed by atoms with E-state index in [1.54, 1.807) is 13.8 Å². The Bertz CT molecular complexity index is 1450. The van der Waals surface area contributed by atoms with E-state index in [4.69, 9.17) is 14.7 Å². The van der Waals surface area contributed by atoms with Crippen molar-refractivity contribution < 1.29 is 9.53 Å². The van der Waals surface area contributed by atoms with Crippen molar-refractivity contribution in [3.63, 3.8) is 0 Å². The summed E-state index contributed by atoms with van der Waals surface area (Å²) in [5.41, 5.74) is 3.82. The molecular weight excluding hydrogens is 516 g/mol. The van der Waals surface area contributed by atoms with Crippen LogP contribution in [-0.4, -0.2) is 60.7 Å². The van der Waals surface area contributed by atoms with Crippen LogP contribution in [0.5, 0.6) is 0 Å². The van der Waals surface area contributed by atoms with Crippen molar-refractivity contribution in [2.24, 2.45) is 0 Å². The number of H-pyrrole nitrogens is 1. The van der Waals surface area contributed by atoms with Gasteiger partial charge in [-0.2, -0.15) is 15.2 Å². The van der Waals surface area contributed by atoms with Crippen molar-refractivity contribution in [1.29, 1.82) is 0 Å². The summed E-state index contributed by atoms with van der Waals surface area (Å²) in [5, 5.41) is 21.7. The molecule has 1 saturated carbocycles. The summed E-state index contributed by atoms with van der Waals surface area (Å²) in [7, 11) is 0. The molecule has 0 atom stereocenters. The van der Waals surface area contributed by atoms with Crippen LogP contribution in [0.2, 0.25) is 0 Å². The highest BCUT2D eigenvalue weighted by atomic mass is 32.1. The van der Waals surface area contributed by atoms with Gasteiger partial charge >= 0.3 is 5.97 Å². The molecular formula is C26H30N10O2S. The number of hydrogen-bond donors (Lipinski definition) is 3. The van der Waals surface area contributed by atoms with Gasteiger partial charge in [-0.25, -0.2) is 9.78 Å². The van der Waals surface area contributed by atoms with Gasteiger partial charge in [0.25, 0.3) is 0 Å². The fourth-order valence-corrected chi connectivity index (χ4v) is 5.96. The fourth-order valence-electron chi connectivity index (χ4n) is 5.10. The standard InChI is InChI=1S/C26H30N10O2S/c1-3-38-24(37)20-15(2)27-26(39-20)31-25-29-22(28-18-6-4-5-7-18)19-12-13-36(23(19)30-25)14-16-8-10-17(11-9-16)21-32-34-35-33-21/h8-11,18H,3-7,12-14H2,1-2H3,(H,32,33,34,35)(H2,27,28,29,30,31). The van der Waals surface area contributed by atoms with E-state index >= 15 is 0 Å². The fraction of sp³-hybridized carbons (Fsp3) is 0.423. The Morgan fingerprint density at radius 2 is 2.00 bits per heavy atom. The number of fused-ring (bicyclic) bond motifs is 1. The third-order valence-corrected chi connectivity index (χ3v) is 8.07. The molecule has 0 unspecified atom stereocenters. The van der Waals surface area contributed by atoms with E-state index < -0.39 is 0 Å². The first-order valence-electron chi connectivity index (χ1n) is 13.2. The zero-order chi connectivity index (χ0) is 26.8. The molecule has 4 aromatic rings. The Hall–Kier alpha value is -4.13. The Morgan fingerprint density at radius 1 is 1.18 bits per heavy atom. The molecule has 1 aromatic carbocycles. The Kier molecular flexibility index (Phi) is 7.05. The zero-order valence-electron chi connectivity index (χ0n) is 21.9. The molecule has 0 saturated heterocycles. The van der Waals surface area contributed by atoms with Crippen molar-refractivity contribution in [3.8, 4) is 11.4 Å². The molecule has 4 heterocycles.